The molecule has 1 aliphatic rings. The maximum absolute atomic E-state index is 6.36. The summed E-state index contributed by atoms with van der Waals surface area (Å²) in [4.78, 5) is 0. The lowest BCUT2D eigenvalue weighted by Gasteiger charge is -2.42. The van der Waals surface area contributed by atoms with Crippen molar-refractivity contribution >= 4 is 11.6 Å². The molecule has 0 bridgehead atoms. The van der Waals surface area contributed by atoms with Crippen molar-refractivity contribution in [1.82, 2.24) is 15.2 Å². The third-order valence-corrected chi connectivity index (χ3v) is 4.70. The fourth-order valence-electron chi connectivity index (χ4n) is 3.26. The van der Waals surface area contributed by atoms with E-state index in [-0.39, 0.29) is 11.6 Å². The van der Waals surface area contributed by atoms with Gasteiger partial charge in [-0.1, -0.05) is 30.9 Å². The van der Waals surface area contributed by atoms with Crippen molar-refractivity contribution in [2.24, 2.45) is 5.84 Å². The molecule has 0 spiro atoms. The molecule has 0 radical (unpaired) electrons. The number of halogens is 1. The number of rotatable bonds is 7. The molecule has 1 aromatic heterocycles. The van der Waals surface area contributed by atoms with Gasteiger partial charge in [0.15, 0.2) is 0 Å². The Morgan fingerprint density at radius 3 is 2.71 bits per heavy atom. The summed E-state index contributed by atoms with van der Waals surface area (Å²) in [5.74, 6) is 5.86. The normalized spacial score (nSPS) is 19.6. The summed E-state index contributed by atoms with van der Waals surface area (Å²) >= 11 is 6.36. The molecule has 0 amide bonds. The zero-order valence-electron chi connectivity index (χ0n) is 12.8. The van der Waals surface area contributed by atoms with Crippen molar-refractivity contribution < 1.29 is 9.47 Å². The van der Waals surface area contributed by atoms with Gasteiger partial charge in [-0.15, -0.1) is 0 Å². The highest BCUT2D eigenvalue weighted by Gasteiger charge is 2.43. The summed E-state index contributed by atoms with van der Waals surface area (Å²) in [6.07, 6.45) is 7.09. The second-order valence-corrected chi connectivity index (χ2v) is 5.93. The molecule has 3 N–H and O–H groups in total. The maximum atomic E-state index is 6.36. The molecule has 7 heteroatoms. The van der Waals surface area contributed by atoms with E-state index in [0.29, 0.717) is 18.2 Å². The quantitative estimate of drug-likeness (QED) is 0.595. The van der Waals surface area contributed by atoms with Crippen LogP contribution in [0.4, 0.5) is 0 Å². The van der Waals surface area contributed by atoms with E-state index in [1.54, 1.807) is 20.4 Å². The first kappa shape index (κ1) is 16.7. The monoisotopic (exact) mass is 316 g/mol. The van der Waals surface area contributed by atoms with Crippen molar-refractivity contribution in [3.8, 4) is 0 Å². The third kappa shape index (κ3) is 3.40. The van der Waals surface area contributed by atoms with Crippen molar-refractivity contribution in [2.45, 2.75) is 50.3 Å². The van der Waals surface area contributed by atoms with Crippen LogP contribution in [-0.2, 0) is 16.0 Å². The zero-order chi connectivity index (χ0) is 15.3. The minimum absolute atomic E-state index is 0.186. The average molecular weight is 317 g/mol. The molecule has 2 rings (SSSR count). The lowest BCUT2D eigenvalue weighted by Crippen LogP contribution is -2.50. The second-order valence-electron chi connectivity index (χ2n) is 5.52. The summed E-state index contributed by atoms with van der Waals surface area (Å²) in [6.45, 7) is 1.21. The van der Waals surface area contributed by atoms with Gasteiger partial charge in [-0.05, 0) is 12.8 Å². The van der Waals surface area contributed by atoms with E-state index in [0.717, 1.165) is 31.4 Å². The van der Waals surface area contributed by atoms with Gasteiger partial charge >= 0.3 is 0 Å². The van der Waals surface area contributed by atoms with Crippen LogP contribution in [0.15, 0.2) is 6.20 Å². The molecule has 1 unspecified atom stereocenters. The number of hydrazine groups is 1. The topological polar surface area (TPSA) is 74.3 Å². The number of ether oxygens (including phenoxy) is 2. The molecular weight excluding hydrogens is 292 g/mol. The van der Waals surface area contributed by atoms with Gasteiger partial charge in [0.2, 0.25) is 0 Å². The maximum Gasteiger partial charge on any atom is 0.0933 e. The number of hydrogen-bond donors (Lipinski definition) is 2. The van der Waals surface area contributed by atoms with Crippen LogP contribution in [0.3, 0.4) is 0 Å². The predicted octanol–water partition coefficient (Wildman–Crippen LogP) is 2.04. The van der Waals surface area contributed by atoms with E-state index in [1.807, 2.05) is 4.68 Å². The van der Waals surface area contributed by atoms with Crippen LogP contribution in [0.1, 0.15) is 43.8 Å². The zero-order valence-corrected chi connectivity index (χ0v) is 13.5. The van der Waals surface area contributed by atoms with Gasteiger partial charge in [0.05, 0.1) is 41.7 Å². The van der Waals surface area contributed by atoms with Gasteiger partial charge in [0.1, 0.15) is 0 Å². The number of nitrogens with one attached hydrogen (secondary N) is 1. The predicted molar refractivity (Wildman–Crippen MR) is 82.0 cm³/mol. The summed E-state index contributed by atoms with van der Waals surface area (Å²) < 4.78 is 12.9. The molecule has 1 atom stereocenters. The summed E-state index contributed by atoms with van der Waals surface area (Å²) in [5.41, 5.74) is 3.46. The smallest absolute Gasteiger partial charge is 0.0933 e. The molecule has 0 aromatic carbocycles. The summed E-state index contributed by atoms with van der Waals surface area (Å²) in [7, 11) is 3.42. The van der Waals surface area contributed by atoms with E-state index in [9.17, 15) is 0 Å². The molecule has 1 fully saturated rings. The largest absolute Gasteiger partial charge is 0.383 e. The van der Waals surface area contributed by atoms with Crippen LogP contribution < -0.4 is 11.3 Å². The Bertz CT molecular complexity index is 446. The first-order chi connectivity index (χ1) is 10.2. The van der Waals surface area contributed by atoms with Gasteiger partial charge in [-0.2, -0.15) is 5.10 Å². The number of nitrogens with zero attached hydrogens (tertiary/aromatic N) is 2. The highest BCUT2D eigenvalue weighted by atomic mass is 35.5. The highest BCUT2D eigenvalue weighted by Crippen LogP contribution is 2.42. The van der Waals surface area contributed by atoms with Crippen molar-refractivity contribution in [3.63, 3.8) is 0 Å². The minimum atomic E-state index is -0.332. The van der Waals surface area contributed by atoms with Crippen LogP contribution in [0.25, 0.3) is 0 Å². The van der Waals surface area contributed by atoms with E-state index >= 15 is 0 Å². The first-order valence-corrected chi connectivity index (χ1v) is 7.77. The second kappa shape index (κ2) is 7.56. The van der Waals surface area contributed by atoms with Crippen LogP contribution in [0, 0.1) is 0 Å². The lowest BCUT2D eigenvalue weighted by atomic mass is 9.78. The molecular formula is C14H25ClN4O2. The Morgan fingerprint density at radius 2 is 2.14 bits per heavy atom. The lowest BCUT2D eigenvalue weighted by molar-refractivity contribution is -0.0709. The van der Waals surface area contributed by atoms with Crippen molar-refractivity contribution in [3.05, 3.63) is 16.9 Å². The van der Waals surface area contributed by atoms with Gasteiger partial charge in [-0.3, -0.25) is 10.5 Å². The van der Waals surface area contributed by atoms with Crippen LogP contribution >= 0.6 is 11.6 Å². The standard InChI is InChI=1S/C14H25ClN4O2/c1-20-9-8-19-12(11(15)10-17-19)13(18-16)14(21-2)6-4-3-5-7-14/h10,13,18H,3-9,16H2,1-2H3. The fourth-order valence-corrected chi connectivity index (χ4v) is 3.51. The fraction of sp³-hybridized carbons (Fsp3) is 0.786. The van der Waals surface area contributed by atoms with E-state index in [4.69, 9.17) is 26.9 Å². The minimum Gasteiger partial charge on any atom is -0.383 e. The van der Waals surface area contributed by atoms with Crippen molar-refractivity contribution in [1.29, 1.82) is 0 Å². The van der Waals surface area contributed by atoms with E-state index in [2.05, 4.69) is 10.5 Å². The number of methoxy groups -OCH3 is 2. The van der Waals surface area contributed by atoms with E-state index < -0.39 is 0 Å². The van der Waals surface area contributed by atoms with Gasteiger partial charge < -0.3 is 9.47 Å². The molecule has 1 heterocycles. The van der Waals surface area contributed by atoms with Crippen LogP contribution in [0.5, 0.6) is 0 Å². The first-order valence-electron chi connectivity index (χ1n) is 7.40. The molecule has 1 aliphatic carbocycles. The molecule has 6 nitrogen and oxygen atoms in total. The molecule has 21 heavy (non-hydrogen) atoms. The Hall–Kier alpha value is -0.660. The molecule has 1 aromatic rings. The van der Waals surface area contributed by atoms with Gasteiger partial charge in [0, 0.05) is 14.2 Å². The molecule has 0 saturated heterocycles. The SMILES string of the molecule is COCCn1ncc(Cl)c1C(NN)C1(OC)CCCCC1. The third-order valence-electron chi connectivity index (χ3n) is 4.41. The average Bonchev–Trinajstić information content (AvgIpc) is 2.88. The van der Waals surface area contributed by atoms with E-state index in [1.165, 1.54) is 6.42 Å². The van der Waals surface area contributed by atoms with Crippen LogP contribution in [-0.4, -0.2) is 36.2 Å². The molecule has 1 saturated carbocycles. The Morgan fingerprint density at radius 1 is 1.43 bits per heavy atom. The Labute approximate surface area is 130 Å². The van der Waals surface area contributed by atoms with Gasteiger partial charge in [-0.25, -0.2) is 5.43 Å². The summed E-state index contributed by atoms with van der Waals surface area (Å²) in [5, 5.41) is 4.94. The number of nitrogens with two attached hydrogens (primary N) is 1. The Kier molecular flexibility index (Phi) is 6.01. The number of aromatic nitrogens is 2. The highest BCUT2D eigenvalue weighted by molar-refractivity contribution is 6.31. The molecule has 0 aliphatic heterocycles. The van der Waals surface area contributed by atoms with Crippen molar-refractivity contribution in [2.75, 3.05) is 20.8 Å². The number of hydrogen-bond acceptors (Lipinski definition) is 5. The summed E-state index contributed by atoms with van der Waals surface area (Å²) in [6, 6.07) is -0.186. The Balaban J connectivity index is 2.33. The van der Waals surface area contributed by atoms with Crippen LogP contribution in [0.2, 0.25) is 5.02 Å². The van der Waals surface area contributed by atoms with Gasteiger partial charge in [0.25, 0.3) is 0 Å². The molecule has 120 valence electrons.